The molecular weight excluding hydrogens is 671 g/mol. The van der Waals surface area contributed by atoms with Crippen molar-refractivity contribution in [1.29, 1.82) is 0 Å². The Balaban J connectivity index is 1.54. The summed E-state index contributed by atoms with van der Waals surface area (Å²) < 4.78 is 24.8. The number of methoxy groups -OCH3 is 2. The van der Waals surface area contributed by atoms with Gasteiger partial charge < -0.3 is 18.9 Å². The Kier molecular flexibility index (Phi) is 10.0. The van der Waals surface area contributed by atoms with Gasteiger partial charge >= 0.3 is 5.97 Å². The zero-order chi connectivity index (χ0) is 33.8. The Morgan fingerprint density at radius 1 is 0.917 bits per heavy atom. The van der Waals surface area contributed by atoms with E-state index in [1.54, 1.807) is 44.4 Å². The molecule has 0 unspecified atom stereocenters. The van der Waals surface area contributed by atoms with Gasteiger partial charge in [0.1, 0.15) is 12.4 Å². The Morgan fingerprint density at radius 2 is 1.67 bits per heavy atom. The molecule has 8 nitrogen and oxygen atoms in total. The third kappa shape index (κ3) is 6.62. The number of hydrogen-bond donors (Lipinski definition) is 0. The SMILES string of the molecule is CCOC(=O)C1=C(c2ccccc2)N=c2s/c(=C/c3ccccc3OCc3ccc(Cl)cc3Cl)c(=O)n2[C@@H]1c1ccc(OC)c(OC)c1. The monoisotopic (exact) mass is 700 g/mol. The number of carbonyl (C=O) groups excluding carboxylic acids is 1. The van der Waals surface area contributed by atoms with Crippen molar-refractivity contribution in [3.05, 3.63) is 149 Å². The van der Waals surface area contributed by atoms with E-state index in [2.05, 4.69) is 0 Å². The number of carbonyl (C=O) groups is 1. The smallest absolute Gasteiger partial charge is 0.338 e. The Hall–Kier alpha value is -4.83. The molecule has 0 N–H and O–H groups in total. The standard InChI is InChI=1S/C37H30Cl2N2O6S/c1-4-46-36(43)32-33(22-10-6-5-7-11-22)40-37-41(34(32)24-15-17-29(44-2)30(18-24)45-3)35(42)31(48-37)19-23-12-8-9-13-28(23)47-21-25-14-16-26(38)20-27(25)39/h5-20,34H,4,21H2,1-3H3/b31-19+/t34-/m1/s1. The van der Waals surface area contributed by atoms with Crippen LogP contribution >= 0.6 is 34.5 Å². The lowest BCUT2D eigenvalue weighted by Crippen LogP contribution is -2.40. The number of ether oxygens (including phenoxy) is 4. The van der Waals surface area contributed by atoms with Crippen LogP contribution in [0.25, 0.3) is 11.8 Å². The molecule has 1 atom stereocenters. The third-order valence-electron chi connectivity index (χ3n) is 7.70. The minimum atomic E-state index is -0.879. The lowest BCUT2D eigenvalue weighted by Gasteiger charge is -2.26. The molecule has 1 aromatic heterocycles. The molecule has 5 aromatic rings. The molecule has 0 fully saturated rings. The van der Waals surface area contributed by atoms with Crippen molar-refractivity contribution in [2.45, 2.75) is 19.6 Å². The Labute approximate surface area is 290 Å². The first-order valence-corrected chi connectivity index (χ1v) is 16.6. The summed E-state index contributed by atoms with van der Waals surface area (Å²) in [7, 11) is 3.08. The number of fused-ring (bicyclic) bond motifs is 1. The molecule has 0 radical (unpaired) electrons. The van der Waals surface area contributed by atoms with Crippen molar-refractivity contribution >= 4 is 52.3 Å². The van der Waals surface area contributed by atoms with Crippen LogP contribution in [0.3, 0.4) is 0 Å². The van der Waals surface area contributed by atoms with Gasteiger partial charge in [0.25, 0.3) is 5.56 Å². The van der Waals surface area contributed by atoms with Crippen molar-refractivity contribution in [2.75, 3.05) is 20.8 Å². The van der Waals surface area contributed by atoms with Gasteiger partial charge in [0.2, 0.25) is 0 Å². The zero-order valence-corrected chi connectivity index (χ0v) is 28.6. The molecule has 0 amide bonds. The van der Waals surface area contributed by atoms with Crippen molar-refractivity contribution in [2.24, 2.45) is 4.99 Å². The van der Waals surface area contributed by atoms with Gasteiger partial charge in [-0.15, -0.1) is 0 Å². The van der Waals surface area contributed by atoms with Crippen LogP contribution in [0.15, 0.2) is 106 Å². The molecular formula is C37H30Cl2N2O6S. The molecule has 1 aliphatic rings. The highest BCUT2D eigenvalue weighted by molar-refractivity contribution is 7.07. The lowest BCUT2D eigenvalue weighted by atomic mass is 9.93. The first-order valence-electron chi connectivity index (χ1n) is 15.0. The second-order valence-corrected chi connectivity index (χ2v) is 12.5. The quantitative estimate of drug-likeness (QED) is 0.148. The van der Waals surface area contributed by atoms with Crippen LogP contribution in [0.2, 0.25) is 10.0 Å². The van der Waals surface area contributed by atoms with Crippen LogP contribution in [0.5, 0.6) is 17.2 Å². The number of thiazole rings is 1. The van der Waals surface area contributed by atoms with Crippen molar-refractivity contribution < 1.29 is 23.7 Å². The summed E-state index contributed by atoms with van der Waals surface area (Å²) in [5.74, 6) is 0.942. The first kappa shape index (κ1) is 33.1. The summed E-state index contributed by atoms with van der Waals surface area (Å²) in [6.45, 7) is 2.08. The van der Waals surface area contributed by atoms with Crippen LogP contribution in [0.1, 0.15) is 35.2 Å². The highest BCUT2D eigenvalue weighted by Crippen LogP contribution is 2.38. The molecule has 0 saturated heterocycles. The molecule has 0 aliphatic carbocycles. The number of nitrogens with zero attached hydrogens (tertiary/aromatic N) is 2. The van der Waals surface area contributed by atoms with Crippen LogP contribution < -0.4 is 29.1 Å². The Morgan fingerprint density at radius 3 is 2.40 bits per heavy atom. The number of halogens is 2. The molecule has 0 saturated carbocycles. The maximum absolute atomic E-state index is 14.4. The summed E-state index contributed by atoms with van der Waals surface area (Å²) in [5.41, 5.74) is 3.11. The number of aromatic nitrogens is 1. The number of esters is 1. The van der Waals surface area contributed by atoms with Crippen molar-refractivity contribution in [1.82, 2.24) is 4.57 Å². The number of hydrogen-bond acceptors (Lipinski definition) is 8. The predicted octanol–water partition coefficient (Wildman–Crippen LogP) is 6.84. The lowest BCUT2D eigenvalue weighted by molar-refractivity contribution is -0.138. The average Bonchev–Trinajstić information content (AvgIpc) is 3.41. The molecule has 4 aromatic carbocycles. The van der Waals surface area contributed by atoms with Crippen LogP contribution in [0, 0.1) is 0 Å². The minimum Gasteiger partial charge on any atom is -0.493 e. The molecule has 1 aliphatic heterocycles. The summed E-state index contributed by atoms with van der Waals surface area (Å²) in [5, 5.41) is 1.03. The minimum absolute atomic E-state index is 0.144. The molecule has 6 rings (SSSR count). The fraction of sp³-hybridized carbons (Fsp3) is 0.162. The van der Waals surface area contributed by atoms with Gasteiger partial charge in [0, 0.05) is 26.7 Å². The van der Waals surface area contributed by atoms with Gasteiger partial charge in [-0.3, -0.25) is 9.36 Å². The van der Waals surface area contributed by atoms with Gasteiger partial charge in [-0.25, -0.2) is 9.79 Å². The van der Waals surface area contributed by atoms with Crippen LogP contribution in [0.4, 0.5) is 0 Å². The summed E-state index contributed by atoms with van der Waals surface area (Å²) in [6.07, 6.45) is 1.77. The van der Waals surface area contributed by atoms with E-state index >= 15 is 0 Å². The third-order valence-corrected chi connectivity index (χ3v) is 9.27. The van der Waals surface area contributed by atoms with E-state index in [4.69, 9.17) is 47.1 Å². The average molecular weight is 702 g/mol. The molecule has 0 spiro atoms. The van der Waals surface area contributed by atoms with E-state index in [0.29, 0.717) is 59.0 Å². The normalized spacial score (nSPS) is 14.3. The molecule has 2 heterocycles. The van der Waals surface area contributed by atoms with Gasteiger partial charge in [-0.1, -0.05) is 95.2 Å². The highest BCUT2D eigenvalue weighted by Gasteiger charge is 2.35. The molecule has 0 bridgehead atoms. The van der Waals surface area contributed by atoms with Crippen LogP contribution in [-0.2, 0) is 16.1 Å². The second kappa shape index (κ2) is 14.5. The fourth-order valence-electron chi connectivity index (χ4n) is 5.45. The number of benzene rings is 4. The van der Waals surface area contributed by atoms with E-state index in [1.807, 2.05) is 66.7 Å². The van der Waals surface area contributed by atoms with E-state index in [9.17, 15) is 9.59 Å². The topological polar surface area (TPSA) is 88.4 Å². The fourth-order valence-corrected chi connectivity index (χ4v) is 6.90. The Bertz CT molecular complexity index is 2210. The molecule has 244 valence electrons. The van der Waals surface area contributed by atoms with E-state index in [1.165, 1.54) is 23.0 Å². The zero-order valence-electron chi connectivity index (χ0n) is 26.2. The molecule has 11 heteroatoms. The predicted molar refractivity (Wildman–Crippen MR) is 188 cm³/mol. The van der Waals surface area contributed by atoms with Crippen LogP contribution in [-0.4, -0.2) is 31.4 Å². The van der Waals surface area contributed by atoms with E-state index in [-0.39, 0.29) is 24.3 Å². The van der Waals surface area contributed by atoms with E-state index in [0.717, 1.165) is 5.56 Å². The first-order chi connectivity index (χ1) is 23.3. The summed E-state index contributed by atoms with van der Waals surface area (Å²) in [4.78, 5) is 33.5. The largest absolute Gasteiger partial charge is 0.493 e. The van der Waals surface area contributed by atoms with Gasteiger partial charge in [-0.2, -0.15) is 0 Å². The van der Waals surface area contributed by atoms with Gasteiger partial charge in [0.15, 0.2) is 16.3 Å². The molecule has 48 heavy (non-hydrogen) atoms. The maximum atomic E-state index is 14.4. The van der Waals surface area contributed by atoms with Gasteiger partial charge in [0.05, 0.1) is 42.7 Å². The second-order valence-electron chi connectivity index (χ2n) is 10.6. The van der Waals surface area contributed by atoms with E-state index < -0.39 is 12.0 Å². The van der Waals surface area contributed by atoms with Gasteiger partial charge in [-0.05, 0) is 48.9 Å². The number of para-hydroxylation sites is 1. The maximum Gasteiger partial charge on any atom is 0.338 e. The highest BCUT2D eigenvalue weighted by atomic mass is 35.5. The van der Waals surface area contributed by atoms with Crippen molar-refractivity contribution in [3.63, 3.8) is 0 Å². The van der Waals surface area contributed by atoms with Crippen molar-refractivity contribution in [3.8, 4) is 17.2 Å². The summed E-state index contributed by atoms with van der Waals surface area (Å²) in [6, 6.07) is 26.4. The number of rotatable bonds is 10. The summed E-state index contributed by atoms with van der Waals surface area (Å²) >= 11 is 13.7.